The summed E-state index contributed by atoms with van der Waals surface area (Å²) in [5.74, 6) is -0.738. The zero-order valence-electron chi connectivity index (χ0n) is 13.7. The predicted octanol–water partition coefficient (Wildman–Crippen LogP) is 2.86. The van der Waals surface area contributed by atoms with Crippen LogP contribution >= 0.6 is 0 Å². The van der Waals surface area contributed by atoms with Gasteiger partial charge in [-0.05, 0) is 31.1 Å². The molecule has 1 aliphatic heterocycles. The summed E-state index contributed by atoms with van der Waals surface area (Å²) in [6.07, 6.45) is 2.05. The van der Waals surface area contributed by atoms with Gasteiger partial charge in [0.15, 0.2) is 0 Å². The van der Waals surface area contributed by atoms with Crippen LogP contribution in [0, 0.1) is 17.3 Å². The normalized spacial score (nSPS) is 21.1. The first-order chi connectivity index (χ1) is 9.20. The lowest BCUT2D eigenvalue weighted by molar-refractivity contribution is -0.161. The number of hydrogen-bond donors (Lipinski definition) is 0. The molecule has 20 heavy (non-hydrogen) atoms. The van der Waals surface area contributed by atoms with E-state index < -0.39 is 11.3 Å². The van der Waals surface area contributed by atoms with Gasteiger partial charge in [0.25, 0.3) is 0 Å². The second-order valence-corrected chi connectivity index (χ2v) is 7.04. The van der Waals surface area contributed by atoms with Crippen LogP contribution in [0.5, 0.6) is 0 Å². The zero-order valence-corrected chi connectivity index (χ0v) is 13.7. The standard InChI is InChI=1S/C16H29NO3/c1-7-20-15(19)13(16(4,5)6)14(18)17-10-8-9-12(17)11(2)3/h11-13H,7-10H2,1-6H3. The highest BCUT2D eigenvalue weighted by molar-refractivity contribution is 5.98. The van der Waals surface area contributed by atoms with Gasteiger partial charge in [0.2, 0.25) is 5.91 Å². The molecule has 116 valence electrons. The smallest absolute Gasteiger partial charge is 0.319 e. The van der Waals surface area contributed by atoms with Crippen LogP contribution in [0.4, 0.5) is 0 Å². The largest absolute Gasteiger partial charge is 0.465 e. The second kappa shape index (κ2) is 6.59. The summed E-state index contributed by atoms with van der Waals surface area (Å²) >= 11 is 0. The molecule has 0 aliphatic carbocycles. The molecule has 4 nitrogen and oxygen atoms in total. The van der Waals surface area contributed by atoms with Crippen LogP contribution in [-0.4, -0.2) is 36.0 Å². The lowest BCUT2D eigenvalue weighted by Gasteiger charge is -2.35. The van der Waals surface area contributed by atoms with Crippen molar-refractivity contribution in [2.75, 3.05) is 13.2 Å². The second-order valence-electron chi connectivity index (χ2n) is 7.04. The van der Waals surface area contributed by atoms with Crippen LogP contribution < -0.4 is 0 Å². The summed E-state index contributed by atoms with van der Waals surface area (Å²) in [6, 6.07) is 0.252. The number of carbonyl (C=O) groups excluding carboxylic acids is 2. The van der Waals surface area contributed by atoms with Gasteiger partial charge in [-0.2, -0.15) is 0 Å². The van der Waals surface area contributed by atoms with E-state index >= 15 is 0 Å². The van der Waals surface area contributed by atoms with E-state index in [0.717, 1.165) is 19.4 Å². The van der Waals surface area contributed by atoms with Gasteiger partial charge < -0.3 is 9.64 Å². The maximum atomic E-state index is 12.8. The fraction of sp³-hybridized carbons (Fsp3) is 0.875. The number of amides is 1. The first kappa shape index (κ1) is 17.0. The van der Waals surface area contributed by atoms with E-state index in [2.05, 4.69) is 13.8 Å². The molecule has 0 bridgehead atoms. The monoisotopic (exact) mass is 283 g/mol. The van der Waals surface area contributed by atoms with Crippen molar-refractivity contribution < 1.29 is 14.3 Å². The lowest BCUT2D eigenvalue weighted by atomic mass is 9.79. The van der Waals surface area contributed by atoms with Crippen molar-refractivity contribution in [2.24, 2.45) is 17.3 Å². The third kappa shape index (κ3) is 3.74. The number of hydrogen-bond acceptors (Lipinski definition) is 3. The third-order valence-electron chi connectivity index (χ3n) is 3.99. The van der Waals surface area contributed by atoms with Gasteiger partial charge in [0.1, 0.15) is 5.92 Å². The Bertz CT molecular complexity index is 357. The fourth-order valence-electron chi connectivity index (χ4n) is 2.98. The van der Waals surface area contributed by atoms with Gasteiger partial charge >= 0.3 is 5.97 Å². The number of esters is 1. The van der Waals surface area contributed by atoms with Gasteiger partial charge in [-0.1, -0.05) is 34.6 Å². The van der Waals surface area contributed by atoms with E-state index in [4.69, 9.17) is 4.74 Å². The first-order valence-corrected chi connectivity index (χ1v) is 7.67. The number of rotatable bonds is 4. The molecule has 2 atom stereocenters. The Morgan fingerprint density at radius 3 is 2.35 bits per heavy atom. The molecule has 1 fully saturated rings. The molecule has 0 N–H and O–H groups in total. The summed E-state index contributed by atoms with van der Waals surface area (Å²) < 4.78 is 5.12. The molecule has 0 spiro atoms. The average Bonchev–Trinajstić information content (AvgIpc) is 2.75. The summed E-state index contributed by atoms with van der Waals surface area (Å²) in [5, 5.41) is 0. The van der Waals surface area contributed by atoms with Crippen molar-refractivity contribution >= 4 is 11.9 Å². The lowest BCUT2D eigenvalue weighted by Crippen LogP contribution is -2.48. The highest BCUT2D eigenvalue weighted by Crippen LogP contribution is 2.33. The molecule has 0 aromatic carbocycles. The van der Waals surface area contributed by atoms with Crippen molar-refractivity contribution in [1.82, 2.24) is 4.90 Å². The van der Waals surface area contributed by atoms with Gasteiger partial charge in [0, 0.05) is 12.6 Å². The molecular weight excluding hydrogens is 254 g/mol. The van der Waals surface area contributed by atoms with Crippen LogP contribution in [0.15, 0.2) is 0 Å². The molecule has 1 heterocycles. The van der Waals surface area contributed by atoms with E-state index in [0.29, 0.717) is 12.5 Å². The Morgan fingerprint density at radius 1 is 1.30 bits per heavy atom. The van der Waals surface area contributed by atoms with Crippen molar-refractivity contribution in [2.45, 2.75) is 60.4 Å². The zero-order chi connectivity index (χ0) is 15.5. The number of nitrogens with zero attached hydrogens (tertiary/aromatic N) is 1. The van der Waals surface area contributed by atoms with E-state index in [9.17, 15) is 9.59 Å². The van der Waals surface area contributed by atoms with Gasteiger partial charge in [-0.15, -0.1) is 0 Å². The summed E-state index contributed by atoms with van der Waals surface area (Å²) in [6.45, 7) is 12.9. The summed E-state index contributed by atoms with van der Waals surface area (Å²) in [7, 11) is 0. The Kier molecular flexibility index (Phi) is 5.60. The molecule has 4 heteroatoms. The molecule has 2 unspecified atom stereocenters. The van der Waals surface area contributed by atoms with Gasteiger partial charge in [-0.3, -0.25) is 9.59 Å². The Balaban J connectivity index is 2.96. The SMILES string of the molecule is CCOC(=O)C(C(=O)N1CCCC1C(C)C)C(C)(C)C. The Morgan fingerprint density at radius 2 is 1.90 bits per heavy atom. The van der Waals surface area contributed by atoms with Crippen LogP contribution in [-0.2, 0) is 14.3 Å². The number of likely N-dealkylation sites (tertiary alicyclic amines) is 1. The van der Waals surface area contributed by atoms with E-state index in [1.54, 1.807) is 6.92 Å². The van der Waals surface area contributed by atoms with Gasteiger partial charge in [-0.25, -0.2) is 0 Å². The number of ether oxygens (including phenoxy) is 1. The average molecular weight is 283 g/mol. The van der Waals surface area contributed by atoms with Crippen molar-refractivity contribution in [3.8, 4) is 0 Å². The highest BCUT2D eigenvalue weighted by atomic mass is 16.5. The van der Waals surface area contributed by atoms with Gasteiger partial charge in [0.05, 0.1) is 6.61 Å². The van der Waals surface area contributed by atoms with Crippen molar-refractivity contribution in [3.05, 3.63) is 0 Å². The van der Waals surface area contributed by atoms with Crippen LogP contribution in [0.2, 0.25) is 0 Å². The summed E-state index contributed by atoms with van der Waals surface area (Å²) in [5.41, 5.74) is -0.423. The molecule has 0 aromatic heterocycles. The maximum Gasteiger partial charge on any atom is 0.319 e. The Hall–Kier alpha value is -1.06. The van der Waals surface area contributed by atoms with Crippen LogP contribution in [0.1, 0.15) is 54.4 Å². The van der Waals surface area contributed by atoms with Crippen LogP contribution in [0.3, 0.4) is 0 Å². The summed E-state index contributed by atoms with van der Waals surface area (Å²) in [4.78, 5) is 26.9. The first-order valence-electron chi connectivity index (χ1n) is 7.67. The molecule has 1 aliphatic rings. The predicted molar refractivity (Wildman–Crippen MR) is 79.2 cm³/mol. The third-order valence-corrected chi connectivity index (χ3v) is 3.99. The highest BCUT2D eigenvalue weighted by Gasteiger charge is 2.44. The van der Waals surface area contributed by atoms with Crippen LogP contribution in [0.25, 0.3) is 0 Å². The fourth-order valence-corrected chi connectivity index (χ4v) is 2.98. The molecular formula is C16H29NO3. The Labute approximate surface area is 122 Å². The van der Waals surface area contributed by atoms with E-state index in [1.807, 2.05) is 25.7 Å². The quantitative estimate of drug-likeness (QED) is 0.589. The molecule has 0 saturated carbocycles. The number of carbonyl (C=O) groups is 2. The van der Waals surface area contributed by atoms with Crippen molar-refractivity contribution in [1.29, 1.82) is 0 Å². The molecule has 1 saturated heterocycles. The molecule has 1 amide bonds. The molecule has 0 aromatic rings. The van der Waals surface area contributed by atoms with E-state index in [-0.39, 0.29) is 17.9 Å². The minimum absolute atomic E-state index is 0.0628. The molecule has 1 rings (SSSR count). The van der Waals surface area contributed by atoms with Crippen molar-refractivity contribution in [3.63, 3.8) is 0 Å². The minimum Gasteiger partial charge on any atom is -0.465 e. The van der Waals surface area contributed by atoms with E-state index in [1.165, 1.54) is 0 Å². The maximum absolute atomic E-state index is 12.8. The minimum atomic E-state index is -0.707. The topological polar surface area (TPSA) is 46.6 Å². The molecule has 0 radical (unpaired) electrons.